The van der Waals surface area contributed by atoms with Gasteiger partial charge in [-0.25, -0.2) is 4.98 Å². The van der Waals surface area contributed by atoms with E-state index in [0.29, 0.717) is 24.1 Å². The summed E-state index contributed by atoms with van der Waals surface area (Å²) in [4.78, 5) is 15.0. The molecule has 5 nitrogen and oxygen atoms in total. The second-order valence-electron chi connectivity index (χ2n) is 4.29. The quantitative estimate of drug-likeness (QED) is 0.819. The van der Waals surface area contributed by atoms with Crippen LogP contribution in [0.3, 0.4) is 0 Å². The molecular formula is C12H16ClN3O2. The number of nitrogens with one attached hydrogen (secondary N) is 2. The van der Waals surface area contributed by atoms with Crippen LogP contribution in [-0.4, -0.2) is 30.1 Å². The van der Waals surface area contributed by atoms with Crippen LogP contribution >= 0.6 is 11.6 Å². The topological polar surface area (TPSA) is 63.2 Å². The van der Waals surface area contributed by atoms with Crippen molar-refractivity contribution >= 4 is 23.2 Å². The molecule has 0 unspecified atom stereocenters. The summed E-state index contributed by atoms with van der Waals surface area (Å²) in [6.45, 7) is 3.07. The Kier molecular flexibility index (Phi) is 4.38. The molecule has 0 saturated carbocycles. The maximum absolute atomic E-state index is 11.0. The van der Waals surface area contributed by atoms with E-state index >= 15 is 0 Å². The summed E-state index contributed by atoms with van der Waals surface area (Å²) in [6, 6.07) is 2.08. The van der Waals surface area contributed by atoms with Crippen molar-refractivity contribution in [3.63, 3.8) is 0 Å². The number of halogens is 1. The highest BCUT2D eigenvalue weighted by atomic mass is 35.5. The Bertz CT molecular complexity index is 433. The van der Waals surface area contributed by atoms with E-state index < -0.39 is 0 Å². The number of carbonyl (C=O) groups excluding carboxylic acids is 1. The van der Waals surface area contributed by atoms with Crippen LogP contribution < -0.4 is 15.4 Å². The fraction of sp³-hybridized carbons (Fsp3) is 0.500. The van der Waals surface area contributed by atoms with Crippen LogP contribution in [0.15, 0.2) is 12.3 Å². The van der Waals surface area contributed by atoms with Gasteiger partial charge in [0.25, 0.3) is 0 Å². The molecule has 0 aromatic carbocycles. The zero-order valence-electron chi connectivity index (χ0n) is 10.2. The molecule has 0 spiro atoms. The lowest BCUT2D eigenvalue weighted by Crippen LogP contribution is -2.28. The largest absolute Gasteiger partial charge is 0.490 e. The van der Waals surface area contributed by atoms with E-state index in [1.54, 1.807) is 12.3 Å². The molecule has 1 amide bonds. The van der Waals surface area contributed by atoms with Crippen LogP contribution in [0.2, 0.25) is 5.15 Å². The van der Waals surface area contributed by atoms with Crippen molar-refractivity contribution < 1.29 is 9.53 Å². The third-order valence-corrected chi connectivity index (χ3v) is 3.04. The van der Waals surface area contributed by atoms with Crippen LogP contribution in [0.4, 0.5) is 5.69 Å². The summed E-state index contributed by atoms with van der Waals surface area (Å²) in [5.74, 6) is 0.421. The first-order valence-electron chi connectivity index (χ1n) is 5.94. The molecule has 1 aliphatic heterocycles. The molecule has 1 saturated heterocycles. The van der Waals surface area contributed by atoms with E-state index in [0.717, 1.165) is 13.0 Å². The summed E-state index contributed by atoms with van der Waals surface area (Å²) >= 11 is 5.87. The first-order chi connectivity index (χ1) is 8.65. The van der Waals surface area contributed by atoms with Gasteiger partial charge in [-0.15, -0.1) is 0 Å². The van der Waals surface area contributed by atoms with Gasteiger partial charge < -0.3 is 15.4 Å². The fourth-order valence-corrected chi connectivity index (χ4v) is 2.03. The minimum Gasteiger partial charge on any atom is -0.490 e. The maximum Gasteiger partial charge on any atom is 0.221 e. The molecule has 1 atom stereocenters. The smallest absolute Gasteiger partial charge is 0.221 e. The highest BCUT2D eigenvalue weighted by molar-refractivity contribution is 6.32. The fourth-order valence-electron chi connectivity index (χ4n) is 1.88. The van der Waals surface area contributed by atoms with Gasteiger partial charge in [-0.05, 0) is 19.4 Å². The molecule has 2 rings (SSSR count). The Labute approximate surface area is 111 Å². The second-order valence-corrected chi connectivity index (χ2v) is 4.65. The minimum atomic E-state index is -0.187. The number of hydrogen-bond acceptors (Lipinski definition) is 4. The average molecular weight is 270 g/mol. The molecule has 1 aromatic heterocycles. The van der Waals surface area contributed by atoms with Gasteiger partial charge in [0.15, 0.2) is 5.15 Å². The van der Waals surface area contributed by atoms with Gasteiger partial charge in [-0.2, -0.15) is 0 Å². The van der Waals surface area contributed by atoms with E-state index in [9.17, 15) is 4.79 Å². The van der Waals surface area contributed by atoms with Gasteiger partial charge in [-0.3, -0.25) is 4.79 Å². The Morgan fingerprint density at radius 3 is 3.22 bits per heavy atom. The van der Waals surface area contributed by atoms with Crippen molar-refractivity contribution in [1.29, 1.82) is 0 Å². The van der Waals surface area contributed by atoms with Crippen LogP contribution in [0.25, 0.3) is 0 Å². The van der Waals surface area contributed by atoms with Crippen molar-refractivity contribution in [3.8, 4) is 5.75 Å². The van der Waals surface area contributed by atoms with Gasteiger partial charge in [0.05, 0.1) is 11.9 Å². The highest BCUT2D eigenvalue weighted by Crippen LogP contribution is 2.24. The molecule has 98 valence electrons. The number of pyridine rings is 1. The predicted molar refractivity (Wildman–Crippen MR) is 70.1 cm³/mol. The first-order valence-corrected chi connectivity index (χ1v) is 6.32. The molecule has 1 fully saturated rings. The molecule has 0 radical (unpaired) electrons. The van der Waals surface area contributed by atoms with Gasteiger partial charge in [0, 0.05) is 19.0 Å². The Hall–Kier alpha value is -1.33. The van der Waals surface area contributed by atoms with E-state index in [1.165, 1.54) is 13.3 Å². The summed E-state index contributed by atoms with van der Waals surface area (Å²) in [6.07, 6.45) is 3.87. The maximum atomic E-state index is 11.0. The zero-order valence-corrected chi connectivity index (χ0v) is 11.0. The average Bonchev–Trinajstić information content (AvgIpc) is 2.82. The second kappa shape index (κ2) is 6.02. The van der Waals surface area contributed by atoms with E-state index in [1.807, 2.05) is 0 Å². The molecular weight excluding hydrogens is 254 g/mol. The predicted octanol–water partition coefficient (Wildman–Crippen LogP) is 1.82. The minimum absolute atomic E-state index is 0.187. The van der Waals surface area contributed by atoms with Gasteiger partial charge in [0.2, 0.25) is 5.91 Å². The van der Waals surface area contributed by atoms with E-state index in [4.69, 9.17) is 16.3 Å². The first kappa shape index (κ1) is 13.1. The van der Waals surface area contributed by atoms with Crippen LogP contribution in [0.5, 0.6) is 5.75 Å². The van der Waals surface area contributed by atoms with Gasteiger partial charge in [-0.1, -0.05) is 11.6 Å². The van der Waals surface area contributed by atoms with E-state index in [2.05, 4.69) is 15.6 Å². The normalized spacial score (nSPS) is 18.7. The number of nitrogens with zero attached hydrogens (tertiary/aromatic N) is 1. The van der Waals surface area contributed by atoms with Crippen molar-refractivity contribution in [3.05, 3.63) is 17.4 Å². The molecule has 6 heteroatoms. The number of anilines is 1. The van der Waals surface area contributed by atoms with Gasteiger partial charge in [0.1, 0.15) is 12.4 Å². The number of carbonyl (C=O) groups is 1. The number of hydrogen-bond donors (Lipinski definition) is 2. The Balaban J connectivity index is 1.97. The molecule has 0 bridgehead atoms. The number of ether oxygens (including phenoxy) is 1. The highest BCUT2D eigenvalue weighted by Gasteiger charge is 2.15. The van der Waals surface area contributed by atoms with Crippen molar-refractivity contribution in [2.24, 2.45) is 0 Å². The lowest BCUT2D eigenvalue weighted by molar-refractivity contribution is -0.114. The lowest BCUT2D eigenvalue weighted by atomic mass is 10.2. The molecule has 2 N–H and O–H groups in total. The van der Waals surface area contributed by atoms with Crippen LogP contribution in [0, 0.1) is 0 Å². The molecule has 1 aliphatic rings. The van der Waals surface area contributed by atoms with Gasteiger partial charge >= 0.3 is 0 Å². The summed E-state index contributed by atoms with van der Waals surface area (Å²) < 4.78 is 5.63. The Morgan fingerprint density at radius 1 is 1.72 bits per heavy atom. The third-order valence-electron chi connectivity index (χ3n) is 2.74. The van der Waals surface area contributed by atoms with Crippen LogP contribution in [-0.2, 0) is 4.79 Å². The summed E-state index contributed by atoms with van der Waals surface area (Å²) in [5.41, 5.74) is 0.473. The number of rotatable bonds is 4. The molecule has 1 aromatic rings. The van der Waals surface area contributed by atoms with E-state index in [-0.39, 0.29) is 11.1 Å². The number of amides is 1. The molecule has 2 heterocycles. The molecule has 0 aliphatic carbocycles. The Morgan fingerprint density at radius 2 is 2.56 bits per heavy atom. The standard InChI is InChI=1S/C12H16ClN3O2/c1-8(17)16-11-5-10(6-15-12(11)13)18-7-9-3-2-4-14-9/h5-6,9,14H,2-4,7H2,1H3,(H,16,17)/t9-/m0/s1. The molecule has 18 heavy (non-hydrogen) atoms. The third kappa shape index (κ3) is 3.58. The zero-order chi connectivity index (χ0) is 13.0. The monoisotopic (exact) mass is 269 g/mol. The number of aromatic nitrogens is 1. The van der Waals surface area contributed by atoms with Crippen molar-refractivity contribution in [2.45, 2.75) is 25.8 Å². The van der Waals surface area contributed by atoms with Crippen molar-refractivity contribution in [1.82, 2.24) is 10.3 Å². The van der Waals surface area contributed by atoms with Crippen molar-refractivity contribution in [2.75, 3.05) is 18.5 Å². The summed E-state index contributed by atoms with van der Waals surface area (Å²) in [5, 5.41) is 6.22. The SMILES string of the molecule is CC(=O)Nc1cc(OC[C@@H]2CCCN2)cnc1Cl. The summed E-state index contributed by atoms with van der Waals surface area (Å²) in [7, 11) is 0. The van der Waals surface area contributed by atoms with Crippen LogP contribution in [0.1, 0.15) is 19.8 Å². The lowest BCUT2D eigenvalue weighted by Gasteiger charge is -2.13.